The van der Waals surface area contributed by atoms with Gasteiger partial charge in [-0.25, -0.2) is 0 Å². The number of halogens is 1. The lowest BCUT2D eigenvalue weighted by molar-refractivity contribution is 0.899. The molecule has 2 heteroatoms. The van der Waals surface area contributed by atoms with E-state index in [-0.39, 0.29) is 0 Å². The SMILES string of the molecule is CC1=Cc2c(Br)c3c(cc2=C1CCC1=Cc2ccccc2C1)N(c1ccccc1)C(C)C=3C. The van der Waals surface area contributed by atoms with Crippen LogP contribution in [0.3, 0.4) is 0 Å². The van der Waals surface area contributed by atoms with Crippen LogP contribution in [0.25, 0.3) is 23.3 Å². The summed E-state index contributed by atoms with van der Waals surface area (Å²) in [4.78, 5) is 2.50. The van der Waals surface area contributed by atoms with Gasteiger partial charge in [0.1, 0.15) is 0 Å². The number of fused-ring (bicyclic) bond motifs is 3. The molecule has 1 atom stereocenters. The second kappa shape index (κ2) is 7.88. The Morgan fingerprint density at radius 3 is 2.48 bits per heavy atom. The molecule has 3 aromatic carbocycles. The van der Waals surface area contributed by atoms with Gasteiger partial charge in [0.05, 0.1) is 11.7 Å². The van der Waals surface area contributed by atoms with Gasteiger partial charge in [-0.3, -0.25) is 0 Å². The van der Waals surface area contributed by atoms with E-state index in [0.717, 1.165) is 19.3 Å². The Morgan fingerprint density at radius 1 is 0.939 bits per heavy atom. The van der Waals surface area contributed by atoms with Crippen LogP contribution in [0.4, 0.5) is 11.4 Å². The van der Waals surface area contributed by atoms with E-state index in [1.165, 1.54) is 59.7 Å². The Kier molecular flexibility index (Phi) is 4.96. The maximum atomic E-state index is 4.03. The molecule has 0 saturated carbocycles. The van der Waals surface area contributed by atoms with Crippen molar-refractivity contribution in [1.29, 1.82) is 0 Å². The van der Waals surface area contributed by atoms with Gasteiger partial charge in [0.15, 0.2) is 0 Å². The van der Waals surface area contributed by atoms with Crippen molar-refractivity contribution in [2.45, 2.75) is 46.1 Å². The average molecular weight is 494 g/mol. The minimum atomic E-state index is 0.344. The van der Waals surface area contributed by atoms with Crippen molar-refractivity contribution in [2.75, 3.05) is 4.90 Å². The van der Waals surface area contributed by atoms with Gasteiger partial charge >= 0.3 is 0 Å². The second-order valence-corrected chi connectivity index (χ2v) is 10.4. The van der Waals surface area contributed by atoms with E-state index >= 15 is 0 Å². The molecule has 6 rings (SSSR count). The third-order valence-electron chi connectivity index (χ3n) is 7.68. The van der Waals surface area contributed by atoms with Crippen molar-refractivity contribution in [3.63, 3.8) is 0 Å². The number of hydrogen-bond acceptors (Lipinski definition) is 1. The number of rotatable bonds is 4. The standard InChI is InChI=1S/C31H28BrN/c1-19-15-28-27(26(19)14-13-22-16-23-9-7-8-10-24(23)17-22)18-29-30(31(28)32)20(2)21(3)33(29)25-11-5-4-6-12-25/h4-12,15-16,18,21H,13-14,17H2,1-3H3. The van der Waals surface area contributed by atoms with Crippen LogP contribution >= 0.6 is 15.9 Å². The minimum Gasteiger partial charge on any atom is -0.334 e. The van der Waals surface area contributed by atoms with Crippen LogP contribution in [-0.4, -0.2) is 6.04 Å². The Bertz CT molecular complexity index is 1470. The Hall–Kier alpha value is -2.84. The van der Waals surface area contributed by atoms with Crippen molar-refractivity contribution < 1.29 is 0 Å². The average Bonchev–Trinajstić information content (AvgIpc) is 3.45. The first kappa shape index (κ1) is 20.7. The van der Waals surface area contributed by atoms with E-state index in [1.807, 2.05) is 0 Å². The third kappa shape index (κ3) is 3.27. The highest BCUT2D eigenvalue weighted by Crippen LogP contribution is 2.37. The highest BCUT2D eigenvalue weighted by Gasteiger charge is 2.30. The molecule has 1 heterocycles. The molecule has 0 bridgehead atoms. The Balaban J connectivity index is 1.42. The summed E-state index contributed by atoms with van der Waals surface area (Å²) in [6, 6.07) is 22.4. The molecule has 0 fully saturated rings. The summed E-state index contributed by atoms with van der Waals surface area (Å²) in [5.41, 5.74) is 12.7. The van der Waals surface area contributed by atoms with Gasteiger partial charge in [-0.1, -0.05) is 54.1 Å². The maximum Gasteiger partial charge on any atom is 0.0530 e. The Morgan fingerprint density at radius 2 is 1.70 bits per heavy atom. The number of anilines is 2. The number of para-hydroxylation sites is 1. The smallest absolute Gasteiger partial charge is 0.0530 e. The van der Waals surface area contributed by atoms with Crippen LogP contribution in [0.15, 0.2) is 76.3 Å². The van der Waals surface area contributed by atoms with Crippen LogP contribution < -0.4 is 15.3 Å². The lowest BCUT2D eigenvalue weighted by atomic mass is 9.98. The van der Waals surface area contributed by atoms with Crippen LogP contribution in [-0.2, 0) is 6.42 Å². The minimum absolute atomic E-state index is 0.344. The number of allylic oxidation sites excluding steroid dienone is 2. The molecule has 0 saturated heterocycles. The fraction of sp³-hybridized carbons (Fsp3) is 0.226. The van der Waals surface area contributed by atoms with Gasteiger partial charge in [0.25, 0.3) is 0 Å². The fourth-order valence-electron chi connectivity index (χ4n) is 5.82. The van der Waals surface area contributed by atoms with Crippen molar-refractivity contribution in [3.8, 4) is 0 Å². The van der Waals surface area contributed by atoms with Crippen LogP contribution in [0, 0.1) is 0 Å². The molecule has 1 aliphatic heterocycles. The molecule has 1 unspecified atom stereocenters. The zero-order chi connectivity index (χ0) is 22.7. The van der Waals surface area contributed by atoms with Gasteiger partial charge < -0.3 is 4.90 Å². The van der Waals surface area contributed by atoms with Crippen LogP contribution in [0.5, 0.6) is 0 Å². The molecule has 2 aliphatic carbocycles. The number of hydrogen-bond donors (Lipinski definition) is 0. The monoisotopic (exact) mass is 493 g/mol. The van der Waals surface area contributed by atoms with Crippen molar-refractivity contribution in [1.82, 2.24) is 0 Å². The van der Waals surface area contributed by atoms with E-state index in [1.54, 1.807) is 5.57 Å². The highest BCUT2D eigenvalue weighted by atomic mass is 79.9. The molecule has 164 valence electrons. The van der Waals surface area contributed by atoms with Gasteiger partial charge in [-0.2, -0.15) is 0 Å². The quantitative estimate of drug-likeness (QED) is 0.373. The number of nitrogens with zero attached hydrogens (tertiary/aromatic N) is 1. The van der Waals surface area contributed by atoms with E-state index in [9.17, 15) is 0 Å². The van der Waals surface area contributed by atoms with Gasteiger partial charge in [-0.05, 0) is 119 Å². The highest BCUT2D eigenvalue weighted by molar-refractivity contribution is 9.10. The topological polar surface area (TPSA) is 3.24 Å². The predicted octanol–water partition coefficient (Wildman–Crippen LogP) is 7.15. The lowest BCUT2D eigenvalue weighted by Gasteiger charge is -2.27. The summed E-state index contributed by atoms with van der Waals surface area (Å²) in [5, 5.41) is 2.77. The summed E-state index contributed by atoms with van der Waals surface area (Å²) in [6.07, 6.45) is 8.09. The van der Waals surface area contributed by atoms with Crippen LogP contribution in [0.1, 0.15) is 50.3 Å². The predicted molar refractivity (Wildman–Crippen MR) is 145 cm³/mol. The van der Waals surface area contributed by atoms with Crippen molar-refractivity contribution in [3.05, 3.63) is 103 Å². The summed E-state index contributed by atoms with van der Waals surface area (Å²) < 4.78 is 1.25. The maximum absolute atomic E-state index is 4.03. The fourth-order valence-corrected chi connectivity index (χ4v) is 6.66. The molecule has 0 amide bonds. The van der Waals surface area contributed by atoms with Gasteiger partial charge in [0.2, 0.25) is 0 Å². The van der Waals surface area contributed by atoms with Crippen molar-refractivity contribution in [2.24, 2.45) is 0 Å². The normalized spacial score (nSPS) is 18.3. The molecule has 33 heavy (non-hydrogen) atoms. The van der Waals surface area contributed by atoms with E-state index in [2.05, 4.69) is 114 Å². The lowest BCUT2D eigenvalue weighted by Crippen LogP contribution is -2.26. The molecule has 0 radical (unpaired) electrons. The van der Waals surface area contributed by atoms with Gasteiger partial charge in [0, 0.05) is 15.4 Å². The summed E-state index contributed by atoms with van der Waals surface area (Å²) in [5.74, 6) is 0. The van der Waals surface area contributed by atoms with E-state index < -0.39 is 0 Å². The molecule has 3 aromatic rings. The molecule has 3 aliphatic rings. The largest absolute Gasteiger partial charge is 0.334 e. The third-order valence-corrected chi connectivity index (χ3v) is 8.50. The van der Waals surface area contributed by atoms with Gasteiger partial charge in [-0.15, -0.1) is 0 Å². The molecule has 0 N–H and O–H groups in total. The summed E-state index contributed by atoms with van der Waals surface area (Å²) in [6.45, 7) is 6.87. The summed E-state index contributed by atoms with van der Waals surface area (Å²) >= 11 is 4.03. The van der Waals surface area contributed by atoms with E-state index in [0.29, 0.717) is 6.04 Å². The second-order valence-electron chi connectivity index (χ2n) is 9.59. The van der Waals surface area contributed by atoms with Crippen molar-refractivity contribution >= 4 is 50.6 Å². The summed E-state index contributed by atoms with van der Waals surface area (Å²) in [7, 11) is 0. The zero-order valence-corrected chi connectivity index (χ0v) is 21.0. The zero-order valence-electron chi connectivity index (χ0n) is 19.5. The first-order valence-electron chi connectivity index (χ1n) is 11.9. The molecule has 0 aromatic heterocycles. The Labute approximate surface area is 204 Å². The molecule has 1 nitrogen and oxygen atoms in total. The van der Waals surface area contributed by atoms with E-state index in [4.69, 9.17) is 0 Å². The molecular formula is C31H28BrN. The number of benzene rings is 3. The first-order chi connectivity index (χ1) is 16.0. The molecular weight excluding hydrogens is 466 g/mol. The first-order valence-corrected chi connectivity index (χ1v) is 12.7. The molecule has 0 spiro atoms. The van der Waals surface area contributed by atoms with Crippen LogP contribution in [0.2, 0.25) is 0 Å².